The lowest BCUT2D eigenvalue weighted by molar-refractivity contribution is -0.385. The Morgan fingerprint density at radius 1 is 1.50 bits per heavy atom. The topological polar surface area (TPSA) is 55.2 Å². The summed E-state index contributed by atoms with van der Waals surface area (Å²) in [5, 5.41) is 12.9. The van der Waals surface area contributed by atoms with Gasteiger partial charge in [-0.05, 0) is 6.07 Å². The number of benzene rings is 1. The van der Waals surface area contributed by atoms with Crippen LogP contribution in [-0.2, 0) is 0 Å². The molecule has 4 nitrogen and oxygen atoms in total. The Labute approximate surface area is 78.7 Å². The molecule has 0 spiro atoms. The Hall–Kier alpha value is -1.72. The van der Waals surface area contributed by atoms with Gasteiger partial charge in [0.15, 0.2) is 0 Å². The Bertz CT molecular complexity index is 355. The highest BCUT2D eigenvalue weighted by Crippen LogP contribution is 2.30. The summed E-state index contributed by atoms with van der Waals surface area (Å²) >= 11 is 0. The molecule has 1 rings (SSSR count). The zero-order chi connectivity index (χ0) is 10.7. The highest BCUT2D eigenvalue weighted by molar-refractivity contribution is 5.56. The van der Waals surface area contributed by atoms with Gasteiger partial charge in [-0.15, -0.1) is 0 Å². The second-order valence-electron chi connectivity index (χ2n) is 2.58. The molecule has 0 atom stereocenters. The minimum absolute atomic E-state index is 0.200. The minimum atomic E-state index is -2.72. The number of hydrogen-bond donors (Lipinski definition) is 1. The average molecular weight is 202 g/mol. The molecular weight excluding hydrogens is 194 g/mol. The molecule has 1 aromatic carbocycles. The Balaban J connectivity index is 3.20. The molecular formula is C8H8F2N2O2. The van der Waals surface area contributed by atoms with Gasteiger partial charge in [0.2, 0.25) is 0 Å². The van der Waals surface area contributed by atoms with Crippen molar-refractivity contribution in [2.75, 3.05) is 12.4 Å². The van der Waals surface area contributed by atoms with E-state index in [4.69, 9.17) is 0 Å². The van der Waals surface area contributed by atoms with Crippen molar-refractivity contribution in [2.24, 2.45) is 0 Å². The number of nitrogens with zero attached hydrogens (tertiary/aromatic N) is 1. The number of alkyl halides is 2. The van der Waals surface area contributed by atoms with Crippen LogP contribution in [0.2, 0.25) is 0 Å². The van der Waals surface area contributed by atoms with Gasteiger partial charge in [0.1, 0.15) is 0 Å². The van der Waals surface area contributed by atoms with Crippen LogP contribution >= 0.6 is 0 Å². The Morgan fingerprint density at radius 3 is 2.57 bits per heavy atom. The number of nitrogens with one attached hydrogen (secondary N) is 1. The molecule has 1 N–H and O–H groups in total. The molecule has 6 heteroatoms. The monoisotopic (exact) mass is 202 g/mol. The lowest BCUT2D eigenvalue weighted by Crippen LogP contribution is -1.97. The fourth-order valence-corrected chi connectivity index (χ4v) is 1.07. The second-order valence-corrected chi connectivity index (χ2v) is 2.58. The molecule has 0 fully saturated rings. The third-order valence-electron chi connectivity index (χ3n) is 1.75. The number of nitro groups is 1. The van der Waals surface area contributed by atoms with Crippen LogP contribution in [0.4, 0.5) is 20.2 Å². The highest BCUT2D eigenvalue weighted by atomic mass is 19.3. The summed E-state index contributed by atoms with van der Waals surface area (Å²) in [6.45, 7) is 0. The molecule has 0 heterocycles. The molecule has 0 saturated heterocycles. The SMILES string of the molecule is CNc1ccc([N+](=O)[O-])cc1C(F)F. The van der Waals surface area contributed by atoms with Gasteiger partial charge in [-0.3, -0.25) is 10.1 Å². The Kier molecular flexibility index (Phi) is 2.95. The van der Waals surface area contributed by atoms with Crippen molar-refractivity contribution in [1.82, 2.24) is 0 Å². The van der Waals surface area contributed by atoms with Crippen LogP contribution in [0.15, 0.2) is 18.2 Å². The average Bonchev–Trinajstić information content (AvgIpc) is 2.16. The highest BCUT2D eigenvalue weighted by Gasteiger charge is 2.16. The van der Waals surface area contributed by atoms with Gasteiger partial charge in [0.05, 0.1) is 4.92 Å². The molecule has 76 valence electrons. The van der Waals surface area contributed by atoms with E-state index in [1.165, 1.54) is 19.2 Å². The first-order chi connectivity index (χ1) is 6.56. The molecule has 0 saturated carbocycles. The summed E-state index contributed by atoms with van der Waals surface area (Å²) in [4.78, 5) is 9.61. The van der Waals surface area contributed by atoms with E-state index < -0.39 is 11.3 Å². The van der Waals surface area contributed by atoms with Gasteiger partial charge in [-0.25, -0.2) is 8.78 Å². The van der Waals surface area contributed by atoms with Crippen molar-refractivity contribution >= 4 is 11.4 Å². The van der Waals surface area contributed by atoms with E-state index in [2.05, 4.69) is 5.32 Å². The van der Waals surface area contributed by atoms with Gasteiger partial charge in [0, 0.05) is 30.4 Å². The van der Waals surface area contributed by atoms with Gasteiger partial charge < -0.3 is 5.32 Å². The molecule has 14 heavy (non-hydrogen) atoms. The van der Waals surface area contributed by atoms with E-state index >= 15 is 0 Å². The lowest BCUT2D eigenvalue weighted by atomic mass is 10.1. The summed E-state index contributed by atoms with van der Waals surface area (Å²) in [6.07, 6.45) is -2.72. The van der Waals surface area contributed by atoms with Gasteiger partial charge in [0.25, 0.3) is 12.1 Å². The van der Waals surface area contributed by atoms with Crippen LogP contribution in [0.1, 0.15) is 12.0 Å². The van der Waals surface area contributed by atoms with Crippen molar-refractivity contribution in [1.29, 1.82) is 0 Å². The third kappa shape index (κ3) is 1.95. The molecule has 0 aliphatic rings. The second kappa shape index (κ2) is 3.99. The number of hydrogen-bond acceptors (Lipinski definition) is 3. The number of anilines is 1. The third-order valence-corrected chi connectivity index (χ3v) is 1.75. The van der Waals surface area contributed by atoms with Crippen LogP contribution in [0.5, 0.6) is 0 Å². The molecule has 0 radical (unpaired) electrons. The van der Waals surface area contributed by atoms with Gasteiger partial charge in [-0.1, -0.05) is 0 Å². The predicted octanol–water partition coefficient (Wildman–Crippen LogP) is 2.57. The lowest BCUT2D eigenvalue weighted by Gasteiger charge is -2.07. The minimum Gasteiger partial charge on any atom is -0.388 e. The standard InChI is InChI=1S/C8H8F2N2O2/c1-11-7-3-2-5(12(13)14)4-6(7)8(9)10/h2-4,8,11H,1H3. The van der Waals surface area contributed by atoms with Crippen molar-refractivity contribution < 1.29 is 13.7 Å². The first-order valence-electron chi connectivity index (χ1n) is 3.80. The summed E-state index contributed by atoms with van der Waals surface area (Å²) < 4.78 is 24.8. The summed E-state index contributed by atoms with van der Waals surface area (Å²) in [6, 6.07) is 3.31. The van der Waals surface area contributed by atoms with Gasteiger partial charge in [-0.2, -0.15) is 0 Å². The van der Waals surface area contributed by atoms with Crippen molar-refractivity contribution in [3.63, 3.8) is 0 Å². The van der Waals surface area contributed by atoms with Crippen LogP contribution in [0.3, 0.4) is 0 Å². The molecule has 0 aliphatic heterocycles. The van der Waals surface area contributed by atoms with Crippen LogP contribution in [-0.4, -0.2) is 12.0 Å². The van der Waals surface area contributed by atoms with Gasteiger partial charge >= 0.3 is 0 Å². The Morgan fingerprint density at radius 2 is 2.14 bits per heavy atom. The summed E-state index contributed by atoms with van der Waals surface area (Å²) in [5.41, 5.74) is -0.494. The molecule has 0 amide bonds. The van der Waals surface area contributed by atoms with E-state index in [9.17, 15) is 18.9 Å². The zero-order valence-corrected chi connectivity index (χ0v) is 7.33. The maximum absolute atomic E-state index is 12.4. The largest absolute Gasteiger partial charge is 0.388 e. The number of rotatable bonds is 3. The first kappa shape index (κ1) is 10.4. The molecule has 0 aliphatic carbocycles. The van der Waals surface area contributed by atoms with E-state index in [1.54, 1.807) is 0 Å². The fraction of sp³-hybridized carbons (Fsp3) is 0.250. The predicted molar refractivity (Wildman–Crippen MR) is 47.6 cm³/mol. The molecule has 0 unspecified atom stereocenters. The molecule has 0 bridgehead atoms. The van der Waals surface area contributed by atoms with Crippen molar-refractivity contribution in [3.8, 4) is 0 Å². The summed E-state index contributed by atoms with van der Waals surface area (Å²) in [5.74, 6) is 0. The number of non-ortho nitro benzene ring substituents is 1. The normalized spacial score (nSPS) is 10.3. The molecule has 1 aromatic rings. The fourth-order valence-electron chi connectivity index (χ4n) is 1.07. The van der Waals surface area contributed by atoms with E-state index in [1.807, 2.05) is 0 Å². The molecule has 0 aromatic heterocycles. The van der Waals surface area contributed by atoms with Crippen molar-refractivity contribution in [3.05, 3.63) is 33.9 Å². The maximum atomic E-state index is 12.4. The smallest absolute Gasteiger partial charge is 0.270 e. The van der Waals surface area contributed by atoms with Crippen molar-refractivity contribution in [2.45, 2.75) is 6.43 Å². The quantitative estimate of drug-likeness (QED) is 0.605. The van der Waals surface area contributed by atoms with Crippen LogP contribution in [0, 0.1) is 10.1 Å². The summed E-state index contributed by atoms with van der Waals surface area (Å²) in [7, 11) is 1.48. The van der Waals surface area contributed by atoms with E-state index in [-0.39, 0.29) is 16.9 Å². The van der Waals surface area contributed by atoms with E-state index in [0.717, 1.165) is 6.07 Å². The number of halogens is 2. The van der Waals surface area contributed by atoms with Crippen LogP contribution < -0.4 is 5.32 Å². The first-order valence-corrected chi connectivity index (χ1v) is 3.80. The number of nitro benzene ring substituents is 1. The van der Waals surface area contributed by atoms with E-state index in [0.29, 0.717) is 0 Å². The van der Waals surface area contributed by atoms with Crippen LogP contribution in [0.25, 0.3) is 0 Å². The maximum Gasteiger partial charge on any atom is 0.270 e. The zero-order valence-electron chi connectivity index (χ0n) is 7.33.